The molecule has 1 N–H and O–H groups in total. The van der Waals surface area contributed by atoms with Crippen molar-refractivity contribution in [2.75, 3.05) is 6.54 Å². The SMILES string of the molecule is Cc1cc(C)n(-c2ccc(=O)n(CCNC(=O)Cn3cnc(C(C)C)cc3=O)n2)n1. The van der Waals surface area contributed by atoms with Crippen LogP contribution in [0.2, 0.25) is 0 Å². The Bertz CT molecular complexity index is 1170. The molecule has 0 aliphatic heterocycles. The molecule has 1 amide bonds. The Hall–Kier alpha value is -3.56. The zero-order valence-electron chi connectivity index (χ0n) is 17.5. The van der Waals surface area contributed by atoms with Gasteiger partial charge < -0.3 is 5.32 Å². The van der Waals surface area contributed by atoms with Crippen LogP contribution in [0.25, 0.3) is 5.82 Å². The van der Waals surface area contributed by atoms with E-state index in [1.54, 1.807) is 10.7 Å². The van der Waals surface area contributed by atoms with Crippen LogP contribution in [0.15, 0.2) is 40.2 Å². The molecule has 10 heteroatoms. The molecule has 0 unspecified atom stereocenters. The molecule has 0 saturated heterocycles. The van der Waals surface area contributed by atoms with Crippen LogP contribution in [0.1, 0.15) is 36.8 Å². The van der Waals surface area contributed by atoms with Crippen LogP contribution in [-0.4, -0.2) is 41.6 Å². The van der Waals surface area contributed by atoms with Crippen molar-refractivity contribution in [1.82, 2.24) is 34.4 Å². The van der Waals surface area contributed by atoms with E-state index in [0.29, 0.717) is 11.5 Å². The van der Waals surface area contributed by atoms with Gasteiger partial charge in [0.15, 0.2) is 5.82 Å². The van der Waals surface area contributed by atoms with E-state index in [4.69, 9.17) is 0 Å². The van der Waals surface area contributed by atoms with E-state index in [-0.39, 0.29) is 42.6 Å². The summed E-state index contributed by atoms with van der Waals surface area (Å²) in [6.45, 7) is 7.92. The summed E-state index contributed by atoms with van der Waals surface area (Å²) in [6.07, 6.45) is 1.38. The fourth-order valence-corrected chi connectivity index (χ4v) is 2.96. The molecule has 0 atom stereocenters. The quantitative estimate of drug-likeness (QED) is 0.607. The van der Waals surface area contributed by atoms with Crippen molar-refractivity contribution >= 4 is 5.91 Å². The van der Waals surface area contributed by atoms with Gasteiger partial charge in [0.25, 0.3) is 11.1 Å². The zero-order valence-corrected chi connectivity index (χ0v) is 17.5. The Morgan fingerprint density at radius 3 is 2.50 bits per heavy atom. The second-order valence-electron chi connectivity index (χ2n) is 7.38. The van der Waals surface area contributed by atoms with Crippen molar-refractivity contribution in [2.45, 2.75) is 46.7 Å². The number of carbonyl (C=O) groups excluding carboxylic acids is 1. The number of aryl methyl sites for hydroxylation is 2. The van der Waals surface area contributed by atoms with Crippen LogP contribution < -0.4 is 16.4 Å². The second kappa shape index (κ2) is 8.85. The Morgan fingerprint density at radius 2 is 1.87 bits per heavy atom. The third kappa shape index (κ3) is 4.88. The van der Waals surface area contributed by atoms with Crippen LogP contribution in [0, 0.1) is 13.8 Å². The standard InChI is InChI=1S/C20H25N7O3/c1-13(2)16-10-20(30)25(12-22-16)11-18(28)21-7-8-26-19(29)6-5-17(24-26)27-15(4)9-14(3)23-27/h5-6,9-10,12-13H,7-8,11H2,1-4H3,(H,21,28). The average molecular weight is 411 g/mol. The molecule has 158 valence electrons. The van der Waals surface area contributed by atoms with E-state index >= 15 is 0 Å². The van der Waals surface area contributed by atoms with E-state index in [1.807, 2.05) is 33.8 Å². The number of carbonyl (C=O) groups is 1. The summed E-state index contributed by atoms with van der Waals surface area (Å²) in [5.74, 6) is 0.311. The molecule has 3 rings (SSSR count). The lowest BCUT2D eigenvalue weighted by Crippen LogP contribution is -2.36. The van der Waals surface area contributed by atoms with Gasteiger partial charge in [-0.2, -0.15) is 5.10 Å². The molecule has 30 heavy (non-hydrogen) atoms. The van der Waals surface area contributed by atoms with Crippen molar-refractivity contribution in [3.8, 4) is 5.82 Å². The predicted octanol–water partition coefficient (Wildman–Crippen LogP) is 0.542. The first-order valence-corrected chi connectivity index (χ1v) is 9.69. The third-order valence-corrected chi connectivity index (χ3v) is 4.53. The smallest absolute Gasteiger partial charge is 0.266 e. The topological polar surface area (TPSA) is 117 Å². The molecular formula is C20H25N7O3. The van der Waals surface area contributed by atoms with Gasteiger partial charge in [0.05, 0.1) is 24.3 Å². The first-order chi connectivity index (χ1) is 14.2. The third-order valence-electron chi connectivity index (χ3n) is 4.53. The van der Waals surface area contributed by atoms with Crippen molar-refractivity contribution < 1.29 is 4.79 Å². The lowest BCUT2D eigenvalue weighted by molar-refractivity contribution is -0.121. The predicted molar refractivity (Wildman–Crippen MR) is 111 cm³/mol. The van der Waals surface area contributed by atoms with Gasteiger partial charge in [-0.3, -0.25) is 19.0 Å². The molecule has 0 saturated carbocycles. The number of nitrogens with zero attached hydrogens (tertiary/aromatic N) is 6. The minimum atomic E-state index is -0.348. The molecule has 0 aromatic carbocycles. The lowest BCUT2D eigenvalue weighted by Gasteiger charge is -2.10. The summed E-state index contributed by atoms with van der Waals surface area (Å²) >= 11 is 0. The molecule has 10 nitrogen and oxygen atoms in total. The number of amides is 1. The molecule has 0 aliphatic carbocycles. The number of rotatable bonds is 7. The number of aromatic nitrogens is 6. The molecule has 3 heterocycles. The maximum atomic E-state index is 12.2. The first kappa shape index (κ1) is 21.2. The van der Waals surface area contributed by atoms with Gasteiger partial charge in [0.1, 0.15) is 6.54 Å². The molecule has 0 fully saturated rings. The molecular weight excluding hydrogens is 386 g/mol. The highest BCUT2D eigenvalue weighted by atomic mass is 16.2. The molecule has 0 aliphatic rings. The fraction of sp³-hybridized carbons (Fsp3) is 0.400. The van der Waals surface area contributed by atoms with Crippen molar-refractivity contribution in [3.63, 3.8) is 0 Å². The molecule has 3 aromatic heterocycles. The zero-order chi connectivity index (χ0) is 21.8. The van der Waals surface area contributed by atoms with Gasteiger partial charge in [-0.15, -0.1) is 5.10 Å². The molecule has 0 bridgehead atoms. The highest BCUT2D eigenvalue weighted by Gasteiger charge is 2.10. The Balaban J connectivity index is 1.62. The van der Waals surface area contributed by atoms with Crippen molar-refractivity contribution in [3.05, 3.63) is 68.4 Å². The average Bonchev–Trinajstić information content (AvgIpc) is 3.03. The van der Waals surface area contributed by atoms with Gasteiger partial charge >= 0.3 is 0 Å². The molecule has 0 radical (unpaired) electrons. The minimum Gasteiger partial charge on any atom is -0.353 e. The fourth-order valence-electron chi connectivity index (χ4n) is 2.96. The monoisotopic (exact) mass is 411 g/mol. The summed E-state index contributed by atoms with van der Waals surface area (Å²) in [5.41, 5.74) is 1.88. The van der Waals surface area contributed by atoms with Gasteiger partial charge in [-0.25, -0.2) is 14.3 Å². The van der Waals surface area contributed by atoms with E-state index in [2.05, 4.69) is 20.5 Å². The van der Waals surface area contributed by atoms with E-state index < -0.39 is 0 Å². The summed E-state index contributed by atoms with van der Waals surface area (Å²) in [4.78, 5) is 40.6. The summed E-state index contributed by atoms with van der Waals surface area (Å²) < 4.78 is 4.18. The van der Waals surface area contributed by atoms with Crippen LogP contribution in [0.4, 0.5) is 0 Å². The lowest BCUT2D eigenvalue weighted by atomic mass is 10.1. The number of nitrogens with one attached hydrogen (secondary N) is 1. The van der Waals surface area contributed by atoms with E-state index in [0.717, 1.165) is 11.4 Å². The molecule has 3 aromatic rings. The van der Waals surface area contributed by atoms with Gasteiger partial charge in [0, 0.05) is 24.4 Å². The highest BCUT2D eigenvalue weighted by Crippen LogP contribution is 2.08. The summed E-state index contributed by atoms with van der Waals surface area (Å²) in [6, 6.07) is 6.38. The van der Waals surface area contributed by atoms with Gasteiger partial charge in [-0.05, 0) is 31.9 Å². The van der Waals surface area contributed by atoms with Crippen LogP contribution in [0.3, 0.4) is 0 Å². The van der Waals surface area contributed by atoms with Crippen molar-refractivity contribution in [2.24, 2.45) is 0 Å². The van der Waals surface area contributed by atoms with Crippen LogP contribution >= 0.6 is 0 Å². The van der Waals surface area contributed by atoms with Crippen LogP contribution in [-0.2, 0) is 17.9 Å². The Morgan fingerprint density at radius 1 is 1.10 bits per heavy atom. The summed E-state index contributed by atoms with van der Waals surface area (Å²) in [5, 5.41) is 11.4. The maximum absolute atomic E-state index is 12.2. The van der Waals surface area contributed by atoms with Gasteiger partial charge in [0.2, 0.25) is 5.91 Å². The van der Waals surface area contributed by atoms with E-state index in [1.165, 1.54) is 27.7 Å². The minimum absolute atomic E-state index is 0.136. The Labute approximate surface area is 173 Å². The highest BCUT2D eigenvalue weighted by molar-refractivity contribution is 5.75. The summed E-state index contributed by atoms with van der Waals surface area (Å²) in [7, 11) is 0. The maximum Gasteiger partial charge on any atom is 0.266 e. The first-order valence-electron chi connectivity index (χ1n) is 9.69. The number of hydrogen-bond donors (Lipinski definition) is 1. The normalized spacial score (nSPS) is 11.1. The largest absolute Gasteiger partial charge is 0.353 e. The van der Waals surface area contributed by atoms with Crippen LogP contribution in [0.5, 0.6) is 0 Å². The second-order valence-corrected chi connectivity index (χ2v) is 7.38. The Kier molecular flexibility index (Phi) is 6.24. The van der Waals surface area contributed by atoms with E-state index in [9.17, 15) is 14.4 Å². The molecule has 0 spiro atoms. The number of hydrogen-bond acceptors (Lipinski definition) is 6. The van der Waals surface area contributed by atoms with Crippen molar-refractivity contribution in [1.29, 1.82) is 0 Å². The van der Waals surface area contributed by atoms with Gasteiger partial charge in [-0.1, -0.05) is 13.8 Å².